The van der Waals surface area contributed by atoms with Gasteiger partial charge in [-0.1, -0.05) is 0 Å². The number of benzene rings is 1. The number of anilines is 1. The Morgan fingerprint density at radius 2 is 2.20 bits per heavy atom. The molecule has 0 amide bonds. The summed E-state index contributed by atoms with van der Waals surface area (Å²) in [6, 6.07) is -1.05. The molecule has 0 saturated heterocycles. The molecule has 0 aliphatic rings. The summed E-state index contributed by atoms with van der Waals surface area (Å²) in [7, 11) is 0. The van der Waals surface area contributed by atoms with Gasteiger partial charge in [0.05, 0.1) is 18.6 Å². The minimum absolute atomic E-state index is 0.220. The monoisotopic (exact) mass is 213 g/mol. The molecule has 78 valence electrons. The van der Waals surface area contributed by atoms with Crippen molar-refractivity contribution in [2.45, 2.75) is 0 Å². The molecule has 1 N–H and O–H groups in total. The van der Waals surface area contributed by atoms with Crippen LogP contribution in [0.3, 0.4) is 0 Å². The molecular weight excluding hydrogens is 204 g/mol. The van der Waals surface area contributed by atoms with E-state index in [1.54, 1.807) is 0 Å². The number of hydrogen-bond donors (Lipinski definition) is 1. The third kappa shape index (κ3) is 2.24. The average molecular weight is 213 g/mol. The number of nitrogens with one attached hydrogen (secondary N) is 1. The van der Waals surface area contributed by atoms with E-state index in [4.69, 9.17) is 4.15 Å². The van der Waals surface area contributed by atoms with Crippen LogP contribution in [0.2, 0.25) is 1.41 Å². The van der Waals surface area contributed by atoms with Crippen molar-refractivity contribution in [1.82, 2.24) is 0 Å². The Balaban J connectivity index is 3.71. The lowest BCUT2D eigenvalue weighted by Crippen LogP contribution is -1.97. The van der Waals surface area contributed by atoms with Crippen molar-refractivity contribution in [1.29, 1.82) is 0 Å². The Bertz CT molecular complexity index is 550. The predicted molar refractivity (Wildman–Crippen MR) is 52.9 cm³/mol. The van der Waals surface area contributed by atoms with Crippen molar-refractivity contribution in [2.75, 3.05) is 5.42 Å². The molecule has 1 aromatic carbocycles. The van der Waals surface area contributed by atoms with Gasteiger partial charge in [0.25, 0.3) is 5.69 Å². The van der Waals surface area contributed by atoms with Crippen LogP contribution in [-0.4, -0.2) is 16.6 Å². The van der Waals surface area contributed by atoms with Crippen molar-refractivity contribution in [3.63, 3.8) is 0 Å². The van der Waals surface area contributed by atoms with E-state index in [0.717, 1.165) is 6.07 Å². The Morgan fingerprint density at radius 3 is 2.67 bits per heavy atom. The molecular formula is C7H6N4O4. The van der Waals surface area contributed by atoms with Gasteiger partial charge in [0.2, 0.25) is 0 Å². The van der Waals surface area contributed by atoms with E-state index in [1.165, 1.54) is 0 Å². The summed E-state index contributed by atoms with van der Waals surface area (Å²) >= 11 is 0. The molecule has 1 aromatic rings. The molecule has 0 radical (unpaired) electrons. The highest BCUT2D eigenvalue weighted by atomic mass is 16.6. The lowest BCUT2D eigenvalue weighted by atomic mass is 10.2. The molecule has 1 rings (SSSR count). The molecule has 0 unspecified atom stereocenters. The highest BCUT2D eigenvalue weighted by molar-refractivity contribution is 5.65. The second-order valence-corrected chi connectivity index (χ2v) is 2.25. The average Bonchev–Trinajstić information content (AvgIpc) is 2.25. The first-order valence-electron chi connectivity index (χ1n) is 4.94. The number of hydrazone groups is 1. The lowest BCUT2D eigenvalue weighted by molar-refractivity contribution is -0.393. The van der Waals surface area contributed by atoms with Gasteiger partial charge in [-0.15, -0.1) is 0 Å². The van der Waals surface area contributed by atoms with Crippen LogP contribution in [0.4, 0.5) is 17.1 Å². The molecule has 0 fully saturated rings. The molecule has 8 heteroatoms. The fourth-order valence-corrected chi connectivity index (χ4v) is 0.807. The zero-order valence-electron chi connectivity index (χ0n) is 10.2. The van der Waals surface area contributed by atoms with Gasteiger partial charge in [0, 0.05) is 12.8 Å². The van der Waals surface area contributed by atoms with Gasteiger partial charge in [-0.25, -0.2) is 0 Å². The molecule has 0 aliphatic heterocycles. The Labute approximate surface area is 87.8 Å². The second kappa shape index (κ2) is 4.13. The van der Waals surface area contributed by atoms with Crippen LogP contribution in [0.15, 0.2) is 23.3 Å². The van der Waals surface area contributed by atoms with E-state index in [9.17, 15) is 20.2 Å². The molecule has 0 heterocycles. The number of nitro groups is 2. The Hall–Kier alpha value is -2.51. The first-order chi connectivity index (χ1) is 8.31. The van der Waals surface area contributed by atoms with Crippen LogP contribution in [0.5, 0.6) is 0 Å². The fraction of sp³-hybridized carbons (Fsp3) is 0. The topological polar surface area (TPSA) is 111 Å². The van der Waals surface area contributed by atoms with E-state index in [-0.39, 0.29) is 5.42 Å². The number of nitro benzene ring substituents is 2. The highest BCUT2D eigenvalue weighted by Gasteiger charge is 2.18. The zero-order chi connectivity index (χ0) is 14.0. The van der Waals surface area contributed by atoms with Crippen LogP contribution in [0, 0.1) is 20.2 Å². The zero-order valence-corrected chi connectivity index (χ0v) is 7.21. The van der Waals surface area contributed by atoms with Gasteiger partial charge in [0.15, 0.2) is 1.41 Å². The quantitative estimate of drug-likeness (QED) is 0.463. The van der Waals surface area contributed by atoms with E-state index < -0.39 is 39.0 Å². The minimum Gasteiger partial charge on any atom is -0.272 e. The number of rotatable bonds is 4. The SMILES string of the molecule is [2H]c1cc(N([2H])N=C)c([N+](=O)[O-])c([2H])c1[N+](=O)[O-]. The maximum Gasteiger partial charge on any atom is 0.301 e. The predicted octanol–water partition coefficient (Wildman–Crippen LogP) is 1.53. The van der Waals surface area contributed by atoms with Gasteiger partial charge in [-0.2, -0.15) is 5.10 Å². The first kappa shape index (κ1) is 6.87. The van der Waals surface area contributed by atoms with E-state index in [1.807, 2.05) is 0 Å². The fourth-order valence-electron chi connectivity index (χ4n) is 0.807. The van der Waals surface area contributed by atoms with E-state index in [2.05, 4.69) is 11.8 Å². The van der Waals surface area contributed by atoms with Crippen molar-refractivity contribution >= 4 is 23.8 Å². The summed E-state index contributed by atoms with van der Waals surface area (Å²) in [5, 5.41) is 24.5. The van der Waals surface area contributed by atoms with Crippen molar-refractivity contribution in [3.8, 4) is 0 Å². The van der Waals surface area contributed by atoms with Gasteiger partial charge in [0.1, 0.15) is 5.69 Å². The maximum absolute atomic E-state index is 10.8. The first-order valence-corrected chi connectivity index (χ1v) is 3.49. The summed E-state index contributed by atoms with van der Waals surface area (Å²) in [5.41, 5.74) is -2.28. The molecule has 0 aromatic heterocycles. The highest BCUT2D eigenvalue weighted by Crippen LogP contribution is 2.28. The van der Waals surface area contributed by atoms with Crippen LogP contribution in [-0.2, 0) is 0 Å². The minimum atomic E-state index is -1.06. The molecule has 0 aliphatic carbocycles. The molecule has 0 bridgehead atoms. The van der Waals surface area contributed by atoms with Crippen LogP contribution in [0.25, 0.3) is 0 Å². The third-order valence-electron chi connectivity index (χ3n) is 1.37. The number of nitrogens with zero attached hydrogens (tertiary/aromatic N) is 3. The van der Waals surface area contributed by atoms with Crippen LogP contribution in [0.1, 0.15) is 2.74 Å². The van der Waals surface area contributed by atoms with Gasteiger partial charge < -0.3 is 0 Å². The Morgan fingerprint density at radius 1 is 1.53 bits per heavy atom. The molecule has 0 atom stereocenters. The standard InChI is InChI=1S/C7H6N4O4/c1-8-9-6-3-2-5(10(12)13)4-7(6)11(14)15/h2-4,9H,1H2/i2D,4D/hD. The van der Waals surface area contributed by atoms with Crippen molar-refractivity contribution in [2.24, 2.45) is 5.10 Å². The van der Waals surface area contributed by atoms with Crippen LogP contribution >= 0.6 is 0 Å². The lowest BCUT2D eigenvalue weighted by Gasteiger charge is -2.00. The van der Waals surface area contributed by atoms with Crippen molar-refractivity contribution < 1.29 is 14.0 Å². The largest absolute Gasteiger partial charge is 0.301 e. The van der Waals surface area contributed by atoms with Gasteiger partial charge >= 0.3 is 5.69 Å². The molecule has 0 spiro atoms. The third-order valence-corrected chi connectivity index (χ3v) is 1.37. The summed E-state index contributed by atoms with van der Waals surface area (Å²) in [4.78, 5) is 19.3. The van der Waals surface area contributed by atoms with Gasteiger partial charge in [-0.3, -0.25) is 25.6 Å². The van der Waals surface area contributed by atoms with Crippen molar-refractivity contribution in [3.05, 3.63) is 38.4 Å². The molecule has 8 nitrogen and oxygen atoms in total. The second-order valence-electron chi connectivity index (χ2n) is 2.25. The van der Waals surface area contributed by atoms with E-state index >= 15 is 0 Å². The van der Waals surface area contributed by atoms with E-state index in [0.29, 0.717) is 0 Å². The number of hydrogen-bond acceptors (Lipinski definition) is 6. The summed E-state index contributed by atoms with van der Waals surface area (Å²) in [5.74, 6) is 0. The van der Waals surface area contributed by atoms with Crippen LogP contribution < -0.4 is 5.42 Å². The van der Waals surface area contributed by atoms with Gasteiger partial charge in [-0.05, 0) is 6.07 Å². The normalized spacial score (nSPS) is 12.1. The summed E-state index contributed by atoms with van der Waals surface area (Å²) in [6.45, 7) is 2.96. The summed E-state index contributed by atoms with van der Waals surface area (Å²) < 4.78 is 21.9. The Kier molecular flexibility index (Phi) is 1.89. The molecule has 0 saturated carbocycles. The maximum atomic E-state index is 10.8. The summed E-state index contributed by atoms with van der Waals surface area (Å²) in [6.07, 6.45) is 0. The smallest absolute Gasteiger partial charge is 0.272 e. The molecule has 15 heavy (non-hydrogen) atoms.